The first kappa shape index (κ1) is 24.7. The van der Waals surface area contributed by atoms with Gasteiger partial charge in [0.25, 0.3) is 5.69 Å². The molecule has 1 aromatic rings. The molecule has 0 fully saturated rings. The van der Waals surface area contributed by atoms with Crippen LogP contribution in [0.15, 0.2) is 30.3 Å². The average molecular weight is 419 g/mol. The molecule has 0 bridgehead atoms. The molecule has 1 rings (SSSR count). The number of ketones is 2. The lowest BCUT2D eigenvalue weighted by molar-refractivity contribution is -0.385. The smallest absolute Gasteiger partial charge is 0.317 e. The first-order valence-corrected chi connectivity index (χ1v) is 9.38. The molecule has 30 heavy (non-hydrogen) atoms. The van der Waals surface area contributed by atoms with E-state index in [1.165, 1.54) is 37.3 Å². The molecule has 0 amide bonds. The fraction of sp³-hybridized carbons (Fsp3) is 0.429. The van der Waals surface area contributed by atoms with E-state index in [1.807, 2.05) is 0 Å². The van der Waals surface area contributed by atoms with Crippen LogP contribution in [-0.4, -0.2) is 42.1 Å². The first-order chi connectivity index (χ1) is 14.2. The molecule has 0 heterocycles. The topological polar surface area (TPSA) is 130 Å². The molecule has 0 saturated carbocycles. The van der Waals surface area contributed by atoms with Gasteiger partial charge in [0.1, 0.15) is 23.4 Å². The van der Waals surface area contributed by atoms with Crippen LogP contribution in [0.2, 0.25) is 0 Å². The number of allylic oxidation sites excluding steroid dienone is 1. The van der Waals surface area contributed by atoms with Gasteiger partial charge in [-0.1, -0.05) is 31.2 Å². The molecule has 0 radical (unpaired) electrons. The van der Waals surface area contributed by atoms with Gasteiger partial charge in [0.15, 0.2) is 0 Å². The van der Waals surface area contributed by atoms with Crippen LogP contribution in [0.5, 0.6) is 0 Å². The highest BCUT2D eigenvalue weighted by atomic mass is 16.6. The van der Waals surface area contributed by atoms with Crippen molar-refractivity contribution in [2.24, 2.45) is 17.8 Å². The van der Waals surface area contributed by atoms with E-state index in [9.17, 15) is 29.3 Å². The fourth-order valence-electron chi connectivity index (χ4n) is 3.10. The van der Waals surface area contributed by atoms with Gasteiger partial charge in [-0.2, -0.15) is 0 Å². The van der Waals surface area contributed by atoms with E-state index < -0.39 is 46.2 Å². The highest BCUT2D eigenvalue weighted by Gasteiger charge is 2.43. The number of nitrogens with zero attached hydrogens (tertiary/aromatic N) is 1. The maximum Gasteiger partial charge on any atom is 0.317 e. The molecule has 0 saturated heterocycles. The minimum absolute atomic E-state index is 0.00613. The van der Waals surface area contributed by atoms with Crippen LogP contribution < -0.4 is 0 Å². The van der Waals surface area contributed by atoms with Crippen LogP contribution in [-0.2, 0) is 28.7 Å². The lowest BCUT2D eigenvalue weighted by Crippen LogP contribution is -2.41. The molecule has 1 aromatic carbocycles. The van der Waals surface area contributed by atoms with E-state index in [1.54, 1.807) is 13.0 Å². The van der Waals surface area contributed by atoms with Gasteiger partial charge >= 0.3 is 11.9 Å². The van der Waals surface area contributed by atoms with E-state index in [2.05, 4.69) is 0 Å². The number of nitro benzene ring substituents is 1. The first-order valence-electron chi connectivity index (χ1n) is 9.38. The van der Waals surface area contributed by atoms with Gasteiger partial charge in [-0.15, -0.1) is 0 Å². The van der Waals surface area contributed by atoms with E-state index in [4.69, 9.17) is 9.47 Å². The number of ether oxygens (including phenoxy) is 2. The maximum atomic E-state index is 12.5. The summed E-state index contributed by atoms with van der Waals surface area (Å²) in [6, 6.07) is 5.82. The van der Waals surface area contributed by atoms with Gasteiger partial charge in [-0.3, -0.25) is 29.3 Å². The Kier molecular flexibility index (Phi) is 9.54. The Morgan fingerprint density at radius 2 is 1.73 bits per heavy atom. The second-order valence-corrected chi connectivity index (χ2v) is 6.41. The predicted octanol–water partition coefficient (Wildman–Crippen LogP) is 2.76. The molecule has 0 aliphatic carbocycles. The Hall–Kier alpha value is -3.36. The highest BCUT2D eigenvalue weighted by Crippen LogP contribution is 2.30. The number of methoxy groups -OCH3 is 1. The van der Waals surface area contributed by atoms with Crippen molar-refractivity contribution in [2.75, 3.05) is 13.7 Å². The summed E-state index contributed by atoms with van der Waals surface area (Å²) < 4.78 is 9.71. The van der Waals surface area contributed by atoms with Crippen LogP contribution in [0.1, 0.15) is 32.8 Å². The largest absolute Gasteiger partial charge is 0.468 e. The summed E-state index contributed by atoms with van der Waals surface area (Å²) in [6.07, 6.45) is 2.57. The zero-order chi connectivity index (χ0) is 22.8. The molecular weight excluding hydrogens is 394 g/mol. The van der Waals surface area contributed by atoms with Gasteiger partial charge < -0.3 is 9.47 Å². The van der Waals surface area contributed by atoms with Crippen LogP contribution >= 0.6 is 0 Å². The van der Waals surface area contributed by atoms with Crippen molar-refractivity contribution in [3.63, 3.8) is 0 Å². The molecule has 0 N–H and O–H groups in total. The molecule has 3 atom stereocenters. The van der Waals surface area contributed by atoms with Gasteiger partial charge in [-0.25, -0.2) is 0 Å². The Morgan fingerprint density at radius 1 is 1.10 bits per heavy atom. The molecule has 0 spiro atoms. The summed E-state index contributed by atoms with van der Waals surface area (Å²) in [5.74, 6) is -7.07. The van der Waals surface area contributed by atoms with Crippen molar-refractivity contribution in [3.05, 3.63) is 46.0 Å². The number of nitro groups is 1. The Labute approximate surface area is 174 Å². The summed E-state index contributed by atoms with van der Waals surface area (Å²) in [7, 11) is 1.09. The summed E-state index contributed by atoms with van der Waals surface area (Å²) >= 11 is 0. The van der Waals surface area contributed by atoms with Crippen molar-refractivity contribution in [2.45, 2.75) is 27.2 Å². The second kappa shape index (κ2) is 11.6. The lowest BCUT2D eigenvalue weighted by atomic mass is 9.76. The second-order valence-electron chi connectivity index (χ2n) is 6.41. The van der Waals surface area contributed by atoms with Crippen LogP contribution in [0.3, 0.4) is 0 Å². The summed E-state index contributed by atoms with van der Waals surface area (Å²) in [6.45, 7) is 4.24. The highest BCUT2D eigenvalue weighted by molar-refractivity contribution is 6.04. The summed E-state index contributed by atoms with van der Waals surface area (Å²) in [5.41, 5.74) is -0.0225. The molecule has 0 aliphatic rings. The standard InChI is InChI=1S/C21H25NO8/c1-5-17(24)19(20(25)29-4)15(18(13(3)23)21(26)30-6-2)12-11-14-9-7-8-10-16(14)22(27)28/h7-12,15,18-19H,5-6H2,1-4H3/b12-11+. The summed E-state index contributed by atoms with van der Waals surface area (Å²) in [4.78, 5) is 60.4. The minimum atomic E-state index is -1.46. The van der Waals surface area contributed by atoms with Crippen LogP contribution in [0, 0.1) is 27.9 Å². The van der Waals surface area contributed by atoms with E-state index in [0.29, 0.717) is 0 Å². The monoisotopic (exact) mass is 419 g/mol. The molecular formula is C21H25NO8. The van der Waals surface area contributed by atoms with Gasteiger partial charge in [0, 0.05) is 18.4 Å². The van der Waals surface area contributed by atoms with Gasteiger partial charge in [0.2, 0.25) is 0 Å². The van der Waals surface area contributed by atoms with E-state index in [-0.39, 0.29) is 24.3 Å². The fourth-order valence-corrected chi connectivity index (χ4v) is 3.10. The number of carbonyl (C=O) groups is 4. The number of esters is 2. The zero-order valence-electron chi connectivity index (χ0n) is 17.3. The van der Waals surface area contributed by atoms with E-state index >= 15 is 0 Å². The number of para-hydroxylation sites is 1. The maximum absolute atomic E-state index is 12.5. The third-order valence-corrected chi connectivity index (χ3v) is 4.53. The Morgan fingerprint density at radius 3 is 2.23 bits per heavy atom. The lowest BCUT2D eigenvalue weighted by Gasteiger charge is -2.26. The molecule has 0 aliphatic heterocycles. The summed E-state index contributed by atoms with van der Waals surface area (Å²) in [5, 5.41) is 11.3. The third-order valence-electron chi connectivity index (χ3n) is 4.53. The number of rotatable bonds is 11. The predicted molar refractivity (Wildman–Crippen MR) is 107 cm³/mol. The Bertz CT molecular complexity index is 829. The molecule has 9 heteroatoms. The van der Waals surface area contributed by atoms with Crippen molar-refractivity contribution in [1.29, 1.82) is 0 Å². The SMILES string of the molecule is CCOC(=O)C(C(C)=O)C(/C=C/c1ccccc1[N+](=O)[O-])C(C(=O)CC)C(=O)OC. The molecule has 9 nitrogen and oxygen atoms in total. The number of Topliss-reactive ketones (excluding diaryl/α,β-unsaturated/α-hetero) is 2. The zero-order valence-corrected chi connectivity index (χ0v) is 17.3. The number of carbonyl (C=O) groups excluding carboxylic acids is 4. The Balaban J connectivity index is 3.61. The molecule has 162 valence electrons. The van der Waals surface area contributed by atoms with Crippen LogP contribution in [0.25, 0.3) is 6.08 Å². The van der Waals surface area contributed by atoms with Gasteiger partial charge in [0.05, 0.1) is 24.2 Å². The van der Waals surface area contributed by atoms with Crippen LogP contribution in [0.4, 0.5) is 5.69 Å². The van der Waals surface area contributed by atoms with Crippen molar-refractivity contribution in [1.82, 2.24) is 0 Å². The van der Waals surface area contributed by atoms with Crippen molar-refractivity contribution < 1.29 is 33.6 Å². The number of hydrogen-bond donors (Lipinski definition) is 0. The van der Waals surface area contributed by atoms with Crippen molar-refractivity contribution in [3.8, 4) is 0 Å². The average Bonchev–Trinajstić information content (AvgIpc) is 2.71. The minimum Gasteiger partial charge on any atom is -0.468 e. The van der Waals surface area contributed by atoms with Crippen molar-refractivity contribution >= 4 is 35.3 Å². The van der Waals surface area contributed by atoms with Gasteiger partial charge in [-0.05, 0) is 19.9 Å². The number of hydrogen-bond acceptors (Lipinski definition) is 8. The quantitative estimate of drug-likeness (QED) is 0.232. The third kappa shape index (κ3) is 6.07. The molecule has 3 unspecified atom stereocenters. The van der Waals surface area contributed by atoms with E-state index in [0.717, 1.165) is 14.0 Å². The number of benzene rings is 1. The molecule has 0 aromatic heterocycles. The normalized spacial score (nSPS) is 13.9.